The Morgan fingerprint density at radius 2 is 2.18 bits per heavy atom. The van der Waals surface area contributed by atoms with Crippen molar-refractivity contribution >= 4 is 11.8 Å². The monoisotopic (exact) mass is 233 g/mol. The number of nitrogens with zero attached hydrogens (tertiary/aromatic N) is 4. The number of ether oxygens (including phenoxy) is 1. The quantitative estimate of drug-likeness (QED) is 0.751. The Hall–Kier alpha value is -2.44. The minimum Gasteiger partial charge on any atom is -0.464 e. The molecule has 0 unspecified atom stereocenters. The molecule has 88 valence electrons. The van der Waals surface area contributed by atoms with Crippen LogP contribution in [0.3, 0.4) is 0 Å². The predicted molar refractivity (Wildman–Crippen MR) is 59.6 cm³/mol. The van der Waals surface area contributed by atoms with Crippen LogP contribution in [-0.4, -0.2) is 33.1 Å². The molecule has 2 rings (SSSR count). The van der Waals surface area contributed by atoms with E-state index >= 15 is 0 Å². The summed E-state index contributed by atoms with van der Waals surface area (Å²) in [4.78, 5) is 11.2. The molecule has 0 bridgehead atoms. The molecule has 0 aliphatic heterocycles. The van der Waals surface area contributed by atoms with Crippen LogP contribution >= 0.6 is 0 Å². The molecule has 0 spiro atoms. The van der Waals surface area contributed by atoms with Crippen molar-refractivity contribution in [3.8, 4) is 5.82 Å². The van der Waals surface area contributed by atoms with E-state index in [4.69, 9.17) is 5.73 Å². The Labute approximate surface area is 97.2 Å². The van der Waals surface area contributed by atoms with E-state index in [1.807, 2.05) is 6.92 Å². The van der Waals surface area contributed by atoms with Crippen molar-refractivity contribution in [2.24, 2.45) is 0 Å². The highest BCUT2D eigenvalue weighted by atomic mass is 16.5. The van der Waals surface area contributed by atoms with Gasteiger partial charge >= 0.3 is 5.97 Å². The van der Waals surface area contributed by atoms with Crippen LogP contribution in [0.15, 0.2) is 18.3 Å². The number of aryl methyl sites for hydroxylation is 1. The van der Waals surface area contributed by atoms with Gasteiger partial charge in [0.2, 0.25) is 0 Å². The minimum atomic E-state index is -0.528. The van der Waals surface area contributed by atoms with E-state index in [0.717, 1.165) is 5.56 Å². The summed E-state index contributed by atoms with van der Waals surface area (Å²) in [6, 6.07) is 3.13. The first kappa shape index (κ1) is 11.1. The van der Waals surface area contributed by atoms with Crippen LogP contribution in [0.25, 0.3) is 5.82 Å². The second-order valence-corrected chi connectivity index (χ2v) is 3.41. The zero-order valence-electron chi connectivity index (χ0n) is 9.41. The fraction of sp³-hybridized carbons (Fsp3) is 0.200. The van der Waals surface area contributed by atoms with Gasteiger partial charge in [-0.1, -0.05) is 0 Å². The van der Waals surface area contributed by atoms with Crippen LogP contribution in [0.1, 0.15) is 16.1 Å². The predicted octanol–water partition coefficient (Wildman–Crippen LogP) is 0.340. The summed E-state index contributed by atoms with van der Waals surface area (Å²) in [5, 5.41) is 11.7. The molecule has 7 heteroatoms. The molecule has 0 saturated carbocycles. The van der Waals surface area contributed by atoms with E-state index < -0.39 is 5.97 Å². The molecule has 0 radical (unpaired) electrons. The number of esters is 1. The summed E-state index contributed by atoms with van der Waals surface area (Å²) in [5.41, 5.74) is 6.62. The van der Waals surface area contributed by atoms with E-state index in [0.29, 0.717) is 11.6 Å². The van der Waals surface area contributed by atoms with Gasteiger partial charge < -0.3 is 10.5 Å². The number of nitrogens with two attached hydrogens (primary N) is 1. The van der Waals surface area contributed by atoms with Gasteiger partial charge in [0, 0.05) is 11.8 Å². The van der Waals surface area contributed by atoms with Crippen molar-refractivity contribution in [1.29, 1.82) is 0 Å². The van der Waals surface area contributed by atoms with E-state index in [1.54, 1.807) is 12.3 Å². The van der Waals surface area contributed by atoms with Crippen molar-refractivity contribution in [3.05, 3.63) is 29.6 Å². The number of carbonyl (C=O) groups is 1. The molecule has 0 fully saturated rings. The van der Waals surface area contributed by atoms with E-state index in [-0.39, 0.29) is 5.69 Å². The third-order valence-corrected chi connectivity index (χ3v) is 2.22. The first-order chi connectivity index (χ1) is 8.11. The second-order valence-electron chi connectivity index (χ2n) is 3.41. The van der Waals surface area contributed by atoms with Crippen LogP contribution in [-0.2, 0) is 4.74 Å². The number of anilines is 1. The van der Waals surface area contributed by atoms with Gasteiger partial charge in [-0.15, -0.1) is 15.3 Å². The summed E-state index contributed by atoms with van der Waals surface area (Å²) in [6.07, 6.45) is 1.73. The average Bonchev–Trinajstić information content (AvgIpc) is 2.69. The van der Waals surface area contributed by atoms with Crippen molar-refractivity contribution in [3.63, 3.8) is 0 Å². The normalized spacial score (nSPS) is 10.2. The highest BCUT2D eigenvalue weighted by Gasteiger charge is 2.09. The molecule has 0 aliphatic carbocycles. The Morgan fingerprint density at radius 1 is 1.41 bits per heavy atom. The molecule has 0 atom stereocenters. The Bertz CT molecular complexity index is 527. The summed E-state index contributed by atoms with van der Waals surface area (Å²) in [5.74, 6) is 0.390. The molecule has 0 aliphatic rings. The summed E-state index contributed by atoms with van der Waals surface area (Å²) < 4.78 is 6.02. The maximum Gasteiger partial charge on any atom is 0.358 e. The summed E-state index contributed by atoms with van der Waals surface area (Å²) >= 11 is 0. The molecule has 2 heterocycles. The van der Waals surface area contributed by atoms with Crippen LogP contribution in [0.5, 0.6) is 0 Å². The van der Waals surface area contributed by atoms with Crippen molar-refractivity contribution in [1.82, 2.24) is 20.0 Å². The molecule has 17 heavy (non-hydrogen) atoms. The summed E-state index contributed by atoms with van der Waals surface area (Å²) in [6.45, 7) is 1.84. The van der Waals surface area contributed by atoms with Gasteiger partial charge in [0.15, 0.2) is 11.5 Å². The Kier molecular flexibility index (Phi) is 2.73. The minimum absolute atomic E-state index is 0.146. The largest absolute Gasteiger partial charge is 0.464 e. The highest BCUT2D eigenvalue weighted by molar-refractivity contribution is 5.86. The Morgan fingerprint density at radius 3 is 2.65 bits per heavy atom. The van der Waals surface area contributed by atoms with Gasteiger partial charge in [0.05, 0.1) is 7.11 Å². The third kappa shape index (κ3) is 2.07. The highest BCUT2D eigenvalue weighted by Crippen LogP contribution is 2.10. The first-order valence-electron chi connectivity index (χ1n) is 4.86. The van der Waals surface area contributed by atoms with Gasteiger partial charge in [-0.2, -0.15) is 0 Å². The molecule has 2 aromatic heterocycles. The standard InChI is InChI=1S/C10H11N5O2/c1-6-5-15(14-9(6)11)8-4-3-7(12-13-8)10(16)17-2/h3-5H,1-2H3,(H2,11,14). The first-order valence-corrected chi connectivity index (χ1v) is 4.86. The van der Waals surface area contributed by atoms with Crippen LogP contribution in [0.4, 0.5) is 5.82 Å². The Balaban J connectivity index is 2.32. The fourth-order valence-corrected chi connectivity index (χ4v) is 1.25. The van der Waals surface area contributed by atoms with Gasteiger partial charge in [0.25, 0.3) is 0 Å². The number of nitrogen functional groups attached to an aromatic ring is 1. The number of hydrogen-bond donors (Lipinski definition) is 1. The topological polar surface area (TPSA) is 95.9 Å². The SMILES string of the molecule is COC(=O)c1ccc(-n2cc(C)c(N)n2)nn1. The van der Waals surface area contributed by atoms with Crippen molar-refractivity contribution in [2.75, 3.05) is 12.8 Å². The maximum absolute atomic E-state index is 11.2. The number of rotatable bonds is 2. The van der Waals surface area contributed by atoms with Gasteiger partial charge in [0.1, 0.15) is 5.82 Å². The lowest BCUT2D eigenvalue weighted by Gasteiger charge is -2.00. The van der Waals surface area contributed by atoms with E-state index in [9.17, 15) is 4.79 Å². The van der Waals surface area contributed by atoms with E-state index in [2.05, 4.69) is 20.0 Å². The molecular weight excluding hydrogens is 222 g/mol. The van der Waals surface area contributed by atoms with Crippen molar-refractivity contribution in [2.45, 2.75) is 6.92 Å². The number of aromatic nitrogens is 4. The molecule has 0 saturated heterocycles. The van der Waals surface area contributed by atoms with Gasteiger partial charge in [-0.3, -0.25) is 0 Å². The van der Waals surface area contributed by atoms with Crippen LogP contribution < -0.4 is 5.73 Å². The maximum atomic E-state index is 11.2. The van der Waals surface area contributed by atoms with Gasteiger partial charge in [-0.05, 0) is 19.1 Å². The van der Waals surface area contributed by atoms with Crippen LogP contribution in [0, 0.1) is 6.92 Å². The lowest BCUT2D eigenvalue weighted by atomic mass is 10.4. The van der Waals surface area contributed by atoms with E-state index in [1.165, 1.54) is 17.9 Å². The lowest BCUT2D eigenvalue weighted by molar-refractivity contribution is 0.0592. The zero-order valence-corrected chi connectivity index (χ0v) is 9.41. The average molecular weight is 233 g/mol. The number of carbonyl (C=O) groups excluding carboxylic acids is 1. The number of methoxy groups -OCH3 is 1. The molecule has 7 nitrogen and oxygen atoms in total. The number of hydrogen-bond acceptors (Lipinski definition) is 6. The molecule has 2 aromatic rings. The lowest BCUT2D eigenvalue weighted by Crippen LogP contribution is -2.08. The smallest absolute Gasteiger partial charge is 0.358 e. The zero-order chi connectivity index (χ0) is 12.4. The van der Waals surface area contributed by atoms with Crippen LogP contribution in [0.2, 0.25) is 0 Å². The third-order valence-electron chi connectivity index (χ3n) is 2.22. The summed E-state index contributed by atoms with van der Waals surface area (Å²) in [7, 11) is 1.29. The van der Waals surface area contributed by atoms with Crippen molar-refractivity contribution < 1.29 is 9.53 Å². The second kappa shape index (κ2) is 4.20. The molecule has 0 amide bonds. The molecule has 2 N–H and O–H groups in total. The van der Waals surface area contributed by atoms with Gasteiger partial charge in [-0.25, -0.2) is 9.48 Å². The molecular formula is C10H11N5O2. The fourth-order valence-electron chi connectivity index (χ4n) is 1.25. The molecule has 0 aromatic carbocycles.